The second-order valence-electron chi connectivity index (χ2n) is 8.79. The minimum Gasteiger partial charge on any atom is -0.337 e. The molecule has 186 valence electrons. The van der Waals surface area contributed by atoms with Crippen LogP contribution in [-0.4, -0.2) is 18.9 Å². The Morgan fingerprint density at radius 1 is 0.784 bits per heavy atom. The van der Waals surface area contributed by atoms with Crippen molar-refractivity contribution in [1.29, 1.82) is 0 Å². The molecule has 0 aliphatic carbocycles. The second-order valence-corrected chi connectivity index (χ2v) is 10.7. The Morgan fingerprint density at radius 2 is 1.41 bits per heavy atom. The molecule has 0 unspecified atom stereocenters. The van der Waals surface area contributed by atoms with Gasteiger partial charge in [-0.15, -0.1) is 0 Å². The van der Waals surface area contributed by atoms with Crippen LogP contribution in [0.25, 0.3) is 10.9 Å². The van der Waals surface area contributed by atoms with Crippen LogP contribution in [0.1, 0.15) is 11.1 Å². The summed E-state index contributed by atoms with van der Waals surface area (Å²) >= 11 is 0. The molecule has 7 heteroatoms. The maximum absolute atomic E-state index is 14.2. The highest BCUT2D eigenvalue weighted by molar-refractivity contribution is 7.90. The van der Waals surface area contributed by atoms with Crippen LogP contribution >= 0.6 is 0 Å². The van der Waals surface area contributed by atoms with Crippen molar-refractivity contribution >= 4 is 32.3 Å². The van der Waals surface area contributed by atoms with Gasteiger partial charge in [-0.2, -0.15) is 0 Å². The van der Waals surface area contributed by atoms with E-state index in [2.05, 4.69) is 0 Å². The van der Waals surface area contributed by atoms with Crippen LogP contribution in [0, 0.1) is 5.82 Å². The Balaban J connectivity index is 1.50. The number of hydrogen-bond acceptors (Lipinski definition) is 3. The summed E-state index contributed by atoms with van der Waals surface area (Å²) in [6.45, 7) is 0.318. The van der Waals surface area contributed by atoms with Crippen LogP contribution in [-0.2, 0) is 33.5 Å². The Morgan fingerprint density at radius 3 is 2.14 bits per heavy atom. The number of carbonyl (C=O) groups is 1. The molecule has 0 aliphatic heterocycles. The van der Waals surface area contributed by atoms with Crippen LogP contribution in [0.5, 0.6) is 0 Å². The van der Waals surface area contributed by atoms with Gasteiger partial charge in [-0.05, 0) is 29.8 Å². The first kappa shape index (κ1) is 24.5. The lowest BCUT2D eigenvalue weighted by Gasteiger charge is -2.23. The van der Waals surface area contributed by atoms with E-state index >= 15 is 0 Å². The van der Waals surface area contributed by atoms with Gasteiger partial charge < -0.3 is 9.47 Å². The van der Waals surface area contributed by atoms with Gasteiger partial charge in [0.15, 0.2) is 9.84 Å². The summed E-state index contributed by atoms with van der Waals surface area (Å²) in [4.78, 5) is 15.4. The number of hydrogen-bond donors (Lipinski definition) is 0. The molecule has 0 fully saturated rings. The zero-order valence-electron chi connectivity index (χ0n) is 20.0. The lowest BCUT2D eigenvalue weighted by molar-refractivity contribution is -0.119. The number of rotatable bonds is 8. The SMILES string of the molecule is O=C(Cn1cc(S(=O)(=O)Cc2ccccc2F)c2ccccc21)N(Cc1ccccc1)c1ccccc1. The predicted octanol–water partition coefficient (Wildman–Crippen LogP) is 5.99. The number of sulfone groups is 1. The van der Waals surface area contributed by atoms with Crippen LogP contribution in [0.2, 0.25) is 0 Å². The van der Waals surface area contributed by atoms with Gasteiger partial charge in [-0.25, -0.2) is 12.8 Å². The molecule has 5 rings (SSSR count). The molecule has 5 nitrogen and oxygen atoms in total. The summed E-state index contributed by atoms with van der Waals surface area (Å²) in [6, 6.07) is 32.0. The number of benzene rings is 4. The van der Waals surface area contributed by atoms with E-state index in [4.69, 9.17) is 0 Å². The molecular formula is C30H25FN2O3S. The minimum atomic E-state index is -3.88. The maximum atomic E-state index is 14.2. The molecular weight excluding hydrogens is 487 g/mol. The first-order valence-corrected chi connectivity index (χ1v) is 13.5. The maximum Gasteiger partial charge on any atom is 0.247 e. The third-order valence-electron chi connectivity index (χ3n) is 6.25. The minimum absolute atomic E-state index is 0.0581. The molecule has 0 N–H and O–H groups in total. The second kappa shape index (κ2) is 10.4. The topological polar surface area (TPSA) is 59.4 Å². The lowest BCUT2D eigenvalue weighted by Crippen LogP contribution is -2.33. The average Bonchev–Trinajstić information content (AvgIpc) is 3.29. The number of fused-ring (bicyclic) bond motifs is 1. The number of anilines is 1. The number of amides is 1. The van der Waals surface area contributed by atoms with Gasteiger partial charge in [0.1, 0.15) is 12.4 Å². The molecule has 4 aromatic carbocycles. The van der Waals surface area contributed by atoms with Crippen molar-refractivity contribution in [3.8, 4) is 0 Å². The van der Waals surface area contributed by atoms with Crippen molar-refractivity contribution in [2.75, 3.05) is 4.90 Å². The molecule has 37 heavy (non-hydrogen) atoms. The summed E-state index contributed by atoms with van der Waals surface area (Å²) in [5, 5.41) is 0.501. The molecule has 0 bridgehead atoms. The van der Waals surface area contributed by atoms with E-state index < -0.39 is 21.4 Å². The van der Waals surface area contributed by atoms with Gasteiger partial charge in [-0.1, -0.05) is 84.9 Å². The van der Waals surface area contributed by atoms with Crippen LogP contribution < -0.4 is 4.90 Å². The van der Waals surface area contributed by atoms with Crippen molar-refractivity contribution in [3.63, 3.8) is 0 Å². The van der Waals surface area contributed by atoms with Crippen molar-refractivity contribution in [2.24, 2.45) is 0 Å². The standard InChI is InChI=1S/C30H25FN2O3S/c31-27-17-9-7-13-24(27)22-37(35,36)29-20-32(28-18-10-8-16-26(28)29)21-30(34)33(25-14-5-2-6-15-25)19-23-11-3-1-4-12-23/h1-18,20H,19,21-22H2. The van der Waals surface area contributed by atoms with Gasteiger partial charge >= 0.3 is 0 Å². The Hall–Kier alpha value is -4.23. The van der Waals surface area contributed by atoms with E-state index in [0.29, 0.717) is 17.4 Å². The van der Waals surface area contributed by atoms with Crippen LogP contribution in [0.3, 0.4) is 0 Å². The highest BCUT2D eigenvalue weighted by Crippen LogP contribution is 2.29. The van der Waals surface area contributed by atoms with E-state index in [1.54, 1.807) is 39.8 Å². The smallest absolute Gasteiger partial charge is 0.247 e. The average molecular weight is 513 g/mol. The molecule has 0 atom stereocenters. The third-order valence-corrected chi connectivity index (χ3v) is 7.93. The highest BCUT2D eigenvalue weighted by Gasteiger charge is 2.25. The van der Waals surface area contributed by atoms with E-state index in [1.165, 1.54) is 24.4 Å². The van der Waals surface area contributed by atoms with Crippen LogP contribution in [0.4, 0.5) is 10.1 Å². The molecule has 1 aromatic heterocycles. The molecule has 1 amide bonds. The van der Waals surface area contributed by atoms with Gasteiger partial charge in [0.25, 0.3) is 0 Å². The fraction of sp³-hybridized carbons (Fsp3) is 0.100. The molecule has 1 heterocycles. The Kier molecular flexibility index (Phi) is 6.88. The molecule has 0 saturated carbocycles. The van der Waals surface area contributed by atoms with Crippen molar-refractivity contribution < 1.29 is 17.6 Å². The zero-order chi connectivity index (χ0) is 25.8. The van der Waals surface area contributed by atoms with E-state index in [0.717, 1.165) is 11.3 Å². The summed E-state index contributed by atoms with van der Waals surface area (Å²) < 4.78 is 42.7. The molecule has 0 saturated heterocycles. The number of para-hydroxylation sites is 2. The predicted molar refractivity (Wildman–Crippen MR) is 143 cm³/mol. The quantitative estimate of drug-likeness (QED) is 0.257. The fourth-order valence-corrected chi connectivity index (χ4v) is 6.01. The first-order valence-electron chi connectivity index (χ1n) is 11.9. The Bertz CT molecular complexity index is 1650. The van der Waals surface area contributed by atoms with Gasteiger partial charge in [0.2, 0.25) is 5.91 Å². The van der Waals surface area contributed by atoms with E-state index in [9.17, 15) is 17.6 Å². The number of halogens is 1. The monoisotopic (exact) mass is 512 g/mol. The molecule has 5 aromatic rings. The van der Waals surface area contributed by atoms with E-state index in [-0.39, 0.29) is 22.9 Å². The number of nitrogens with zero attached hydrogens (tertiary/aromatic N) is 2. The number of carbonyl (C=O) groups excluding carboxylic acids is 1. The van der Waals surface area contributed by atoms with Crippen molar-refractivity contribution in [3.05, 3.63) is 132 Å². The van der Waals surface area contributed by atoms with Crippen molar-refractivity contribution in [1.82, 2.24) is 4.57 Å². The summed E-state index contributed by atoms with van der Waals surface area (Å²) in [5.41, 5.74) is 2.45. The van der Waals surface area contributed by atoms with Gasteiger partial charge in [0.05, 0.1) is 17.2 Å². The van der Waals surface area contributed by atoms with Gasteiger partial charge in [-0.3, -0.25) is 4.79 Å². The zero-order valence-corrected chi connectivity index (χ0v) is 20.8. The summed E-state index contributed by atoms with van der Waals surface area (Å²) in [7, 11) is -3.88. The summed E-state index contributed by atoms with van der Waals surface area (Å²) in [5.74, 6) is -1.22. The fourth-order valence-electron chi connectivity index (χ4n) is 4.42. The largest absolute Gasteiger partial charge is 0.337 e. The molecule has 0 spiro atoms. The Labute approximate surface area is 215 Å². The van der Waals surface area contributed by atoms with Crippen molar-refractivity contribution in [2.45, 2.75) is 23.7 Å². The lowest BCUT2D eigenvalue weighted by atomic mass is 10.2. The van der Waals surface area contributed by atoms with E-state index in [1.807, 2.05) is 60.7 Å². The highest BCUT2D eigenvalue weighted by atomic mass is 32.2. The first-order chi connectivity index (χ1) is 17.9. The molecule has 0 aliphatic rings. The number of aromatic nitrogens is 1. The molecule has 0 radical (unpaired) electrons. The summed E-state index contributed by atoms with van der Waals surface area (Å²) in [6.07, 6.45) is 1.49. The van der Waals surface area contributed by atoms with Gasteiger partial charge in [0, 0.05) is 28.4 Å². The third kappa shape index (κ3) is 5.32. The van der Waals surface area contributed by atoms with Crippen LogP contribution in [0.15, 0.2) is 120 Å². The normalized spacial score (nSPS) is 11.5.